The molecule has 0 saturated carbocycles. The van der Waals surface area contributed by atoms with Gasteiger partial charge < -0.3 is 4.90 Å². The number of benzene rings is 2. The number of sulfonamides is 1. The quantitative estimate of drug-likeness (QED) is 0.611. The van der Waals surface area contributed by atoms with Crippen LogP contribution in [0.1, 0.15) is 15.2 Å². The van der Waals surface area contributed by atoms with Crippen LogP contribution in [0.3, 0.4) is 0 Å². The van der Waals surface area contributed by atoms with Crippen molar-refractivity contribution in [3.05, 3.63) is 76.9 Å². The molecule has 1 aromatic heterocycles. The molecule has 2 aromatic carbocycles. The lowest BCUT2D eigenvalue weighted by Gasteiger charge is -2.33. The molecule has 0 unspecified atom stereocenters. The van der Waals surface area contributed by atoms with Crippen molar-refractivity contribution >= 4 is 27.3 Å². The van der Waals surface area contributed by atoms with Gasteiger partial charge in [-0.05, 0) is 37.3 Å². The number of thiophene rings is 1. The number of halogens is 1. The van der Waals surface area contributed by atoms with Crippen LogP contribution in [0.4, 0.5) is 4.39 Å². The number of rotatable bonds is 4. The second kappa shape index (κ2) is 8.29. The van der Waals surface area contributed by atoms with Crippen molar-refractivity contribution in [3.63, 3.8) is 0 Å². The van der Waals surface area contributed by atoms with Gasteiger partial charge in [0.2, 0.25) is 10.0 Å². The summed E-state index contributed by atoms with van der Waals surface area (Å²) in [5.74, 6) is -0.483. The summed E-state index contributed by atoms with van der Waals surface area (Å²) in [7, 11) is -3.57. The Hall–Kier alpha value is -2.55. The Balaban J connectivity index is 1.44. The molecule has 30 heavy (non-hydrogen) atoms. The first kappa shape index (κ1) is 20.7. The Morgan fingerprint density at radius 1 is 0.933 bits per heavy atom. The highest BCUT2D eigenvalue weighted by Crippen LogP contribution is 2.31. The first-order valence-corrected chi connectivity index (χ1v) is 11.8. The highest BCUT2D eigenvalue weighted by molar-refractivity contribution is 7.89. The maximum Gasteiger partial charge on any atom is 0.264 e. The third kappa shape index (κ3) is 4.03. The minimum Gasteiger partial charge on any atom is -0.335 e. The van der Waals surface area contributed by atoms with E-state index in [1.807, 2.05) is 6.92 Å². The predicted molar refractivity (Wildman–Crippen MR) is 116 cm³/mol. The largest absolute Gasteiger partial charge is 0.335 e. The van der Waals surface area contributed by atoms with E-state index in [2.05, 4.69) is 0 Å². The predicted octanol–water partition coefficient (Wildman–Crippen LogP) is 4.01. The summed E-state index contributed by atoms with van der Waals surface area (Å²) in [6.07, 6.45) is 0. The van der Waals surface area contributed by atoms with E-state index in [-0.39, 0.29) is 29.7 Å². The lowest BCUT2D eigenvalue weighted by Crippen LogP contribution is -2.50. The highest BCUT2D eigenvalue weighted by Gasteiger charge is 2.30. The second-order valence-electron chi connectivity index (χ2n) is 7.15. The second-order valence-corrected chi connectivity index (χ2v) is 10.2. The lowest BCUT2D eigenvalue weighted by molar-refractivity contribution is 0.0703. The maximum absolute atomic E-state index is 14.0. The normalized spacial score (nSPS) is 15.3. The molecule has 0 atom stereocenters. The minimum absolute atomic E-state index is 0.157. The third-order valence-corrected chi connectivity index (χ3v) is 8.16. The van der Waals surface area contributed by atoms with Crippen molar-refractivity contribution < 1.29 is 17.6 Å². The Labute approximate surface area is 179 Å². The van der Waals surface area contributed by atoms with Gasteiger partial charge in [-0.3, -0.25) is 4.79 Å². The van der Waals surface area contributed by atoms with Gasteiger partial charge in [0.25, 0.3) is 5.91 Å². The highest BCUT2D eigenvalue weighted by atomic mass is 32.2. The van der Waals surface area contributed by atoms with Crippen molar-refractivity contribution in [1.82, 2.24) is 9.21 Å². The van der Waals surface area contributed by atoms with Crippen LogP contribution in [-0.4, -0.2) is 49.7 Å². The Bertz CT molecular complexity index is 1170. The van der Waals surface area contributed by atoms with E-state index in [0.29, 0.717) is 28.4 Å². The molecule has 1 aliphatic heterocycles. The fraction of sp³-hybridized carbons (Fsp3) is 0.227. The van der Waals surface area contributed by atoms with Gasteiger partial charge in [-0.1, -0.05) is 35.9 Å². The van der Waals surface area contributed by atoms with E-state index in [1.54, 1.807) is 59.5 Å². The minimum atomic E-state index is -3.57. The van der Waals surface area contributed by atoms with Crippen LogP contribution < -0.4 is 0 Å². The van der Waals surface area contributed by atoms with Gasteiger partial charge in [-0.15, -0.1) is 11.3 Å². The van der Waals surface area contributed by atoms with Crippen LogP contribution in [0.25, 0.3) is 10.4 Å². The molecule has 8 heteroatoms. The SMILES string of the molecule is Cc1ccc(S(=O)(=O)N2CCN(C(=O)c3ccc(-c4ccccc4F)s3)CC2)cc1. The molecule has 2 heterocycles. The van der Waals surface area contributed by atoms with Gasteiger partial charge in [0, 0.05) is 36.6 Å². The van der Waals surface area contributed by atoms with Crippen molar-refractivity contribution in [2.45, 2.75) is 11.8 Å². The first-order chi connectivity index (χ1) is 14.4. The molecule has 1 saturated heterocycles. The number of hydrogen-bond donors (Lipinski definition) is 0. The average Bonchev–Trinajstić information content (AvgIpc) is 3.24. The number of carbonyl (C=O) groups is 1. The van der Waals surface area contributed by atoms with Crippen molar-refractivity contribution in [2.24, 2.45) is 0 Å². The Kier molecular flexibility index (Phi) is 5.73. The molecule has 0 N–H and O–H groups in total. The number of carbonyl (C=O) groups excluding carboxylic acids is 1. The van der Waals surface area contributed by atoms with Crippen LogP contribution >= 0.6 is 11.3 Å². The summed E-state index contributed by atoms with van der Waals surface area (Å²) in [5.41, 5.74) is 1.46. The molecule has 0 bridgehead atoms. The molecule has 4 rings (SSSR count). The molecular weight excluding hydrogens is 423 g/mol. The number of hydrogen-bond acceptors (Lipinski definition) is 4. The smallest absolute Gasteiger partial charge is 0.264 e. The number of nitrogens with zero attached hydrogens (tertiary/aromatic N) is 2. The molecule has 3 aromatic rings. The number of aryl methyl sites for hydroxylation is 1. The van der Waals surface area contributed by atoms with E-state index in [9.17, 15) is 17.6 Å². The zero-order chi connectivity index (χ0) is 21.3. The number of amides is 1. The van der Waals surface area contributed by atoms with Gasteiger partial charge in [0.05, 0.1) is 9.77 Å². The maximum atomic E-state index is 14.0. The zero-order valence-electron chi connectivity index (χ0n) is 16.4. The van der Waals surface area contributed by atoms with E-state index < -0.39 is 10.0 Å². The van der Waals surface area contributed by atoms with Crippen LogP contribution in [0.15, 0.2) is 65.6 Å². The zero-order valence-corrected chi connectivity index (χ0v) is 18.0. The molecule has 156 valence electrons. The Morgan fingerprint density at radius 2 is 1.60 bits per heavy atom. The number of piperazine rings is 1. The third-order valence-electron chi connectivity index (χ3n) is 5.14. The van der Waals surface area contributed by atoms with Gasteiger partial charge >= 0.3 is 0 Å². The van der Waals surface area contributed by atoms with Gasteiger partial charge in [0.15, 0.2) is 0 Å². The molecule has 0 spiro atoms. The van der Waals surface area contributed by atoms with Crippen LogP contribution in [0.2, 0.25) is 0 Å². The molecule has 0 radical (unpaired) electrons. The first-order valence-electron chi connectivity index (χ1n) is 9.57. The Morgan fingerprint density at radius 3 is 2.27 bits per heavy atom. The fourth-order valence-corrected chi connectivity index (χ4v) is 5.83. The van der Waals surface area contributed by atoms with Crippen LogP contribution in [0.5, 0.6) is 0 Å². The van der Waals surface area contributed by atoms with Gasteiger partial charge in [-0.2, -0.15) is 4.31 Å². The molecular formula is C22H21FN2O3S2. The van der Waals surface area contributed by atoms with Crippen LogP contribution in [0, 0.1) is 12.7 Å². The molecule has 0 aliphatic carbocycles. The van der Waals surface area contributed by atoms with Crippen molar-refractivity contribution in [3.8, 4) is 10.4 Å². The van der Waals surface area contributed by atoms with Crippen molar-refractivity contribution in [1.29, 1.82) is 0 Å². The standard InChI is InChI=1S/C22H21FN2O3S2/c1-16-6-8-17(9-7-16)30(27,28)25-14-12-24(13-15-25)22(26)21-11-10-20(29-21)18-4-2-3-5-19(18)23/h2-11H,12-15H2,1H3. The topological polar surface area (TPSA) is 57.7 Å². The molecule has 5 nitrogen and oxygen atoms in total. The lowest BCUT2D eigenvalue weighted by atomic mass is 10.2. The monoisotopic (exact) mass is 444 g/mol. The average molecular weight is 445 g/mol. The van der Waals surface area contributed by atoms with E-state index >= 15 is 0 Å². The van der Waals surface area contributed by atoms with Crippen LogP contribution in [-0.2, 0) is 10.0 Å². The summed E-state index contributed by atoms with van der Waals surface area (Å²) in [4.78, 5) is 16.0. The van der Waals surface area contributed by atoms with Gasteiger partial charge in [0.1, 0.15) is 5.82 Å². The summed E-state index contributed by atoms with van der Waals surface area (Å²) < 4.78 is 41.1. The molecule has 1 amide bonds. The summed E-state index contributed by atoms with van der Waals surface area (Å²) in [6.45, 7) is 3.03. The van der Waals surface area contributed by atoms with E-state index in [1.165, 1.54) is 21.7 Å². The van der Waals surface area contributed by atoms with Crippen molar-refractivity contribution in [2.75, 3.05) is 26.2 Å². The molecule has 1 fully saturated rings. The molecule has 1 aliphatic rings. The van der Waals surface area contributed by atoms with E-state index in [4.69, 9.17) is 0 Å². The van der Waals surface area contributed by atoms with E-state index in [0.717, 1.165) is 5.56 Å². The summed E-state index contributed by atoms with van der Waals surface area (Å²) in [6, 6.07) is 16.7. The fourth-order valence-electron chi connectivity index (χ4n) is 3.41. The summed E-state index contributed by atoms with van der Waals surface area (Å²) >= 11 is 1.24. The van der Waals surface area contributed by atoms with Gasteiger partial charge in [-0.25, -0.2) is 12.8 Å². The summed E-state index contributed by atoms with van der Waals surface area (Å²) in [5, 5.41) is 0.